The summed E-state index contributed by atoms with van der Waals surface area (Å²) in [5, 5.41) is 5.50. The molecule has 22 heavy (non-hydrogen) atoms. The molecule has 0 spiro atoms. The second-order valence-electron chi connectivity index (χ2n) is 4.91. The SMILES string of the molecule is Cc1cc(Br)ccc1-c1ccc(CNCc2cccs2)o1.Cl. The van der Waals surface area contributed by atoms with Gasteiger partial charge in [0, 0.05) is 21.5 Å². The van der Waals surface area contributed by atoms with E-state index in [0.29, 0.717) is 0 Å². The van der Waals surface area contributed by atoms with Crippen LogP contribution in [0.2, 0.25) is 0 Å². The second-order valence-corrected chi connectivity index (χ2v) is 6.86. The Labute approximate surface area is 149 Å². The smallest absolute Gasteiger partial charge is 0.134 e. The van der Waals surface area contributed by atoms with Crippen molar-refractivity contribution < 1.29 is 4.42 Å². The van der Waals surface area contributed by atoms with Gasteiger partial charge in [-0.25, -0.2) is 0 Å². The molecule has 3 aromatic rings. The summed E-state index contributed by atoms with van der Waals surface area (Å²) in [6.07, 6.45) is 0. The summed E-state index contributed by atoms with van der Waals surface area (Å²) in [7, 11) is 0. The number of furan rings is 1. The van der Waals surface area contributed by atoms with Crippen molar-refractivity contribution in [3.05, 3.63) is 68.5 Å². The Hall–Kier alpha value is -1.07. The standard InChI is InChI=1S/C17H16BrNOS.ClH/c1-12-9-13(18)4-6-16(12)17-7-5-14(20-17)10-19-11-15-3-2-8-21-15;/h2-9,19H,10-11H2,1H3;1H. The fourth-order valence-corrected chi connectivity index (χ4v) is 3.39. The maximum Gasteiger partial charge on any atom is 0.134 e. The first kappa shape index (κ1) is 17.3. The maximum atomic E-state index is 5.94. The lowest BCUT2D eigenvalue weighted by molar-refractivity contribution is 0.494. The Bertz CT molecular complexity index is 724. The van der Waals surface area contributed by atoms with Gasteiger partial charge >= 0.3 is 0 Å². The minimum absolute atomic E-state index is 0. The topological polar surface area (TPSA) is 25.2 Å². The van der Waals surface area contributed by atoms with Gasteiger partial charge in [-0.05, 0) is 54.3 Å². The molecule has 0 saturated heterocycles. The molecule has 0 saturated carbocycles. The second kappa shape index (κ2) is 7.97. The molecule has 3 rings (SSSR count). The van der Waals surface area contributed by atoms with E-state index in [9.17, 15) is 0 Å². The van der Waals surface area contributed by atoms with Crippen LogP contribution in [-0.2, 0) is 13.1 Å². The number of hydrogen-bond donors (Lipinski definition) is 1. The van der Waals surface area contributed by atoms with Gasteiger partial charge in [-0.15, -0.1) is 23.7 Å². The normalized spacial score (nSPS) is 10.5. The molecule has 2 aromatic heterocycles. The molecule has 116 valence electrons. The summed E-state index contributed by atoms with van der Waals surface area (Å²) < 4.78 is 7.03. The highest BCUT2D eigenvalue weighted by Gasteiger charge is 2.07. The lowest BCUT2D eigenvalue weighted by Gasteiger charge is -2.04. The summed E-state index contributed by atoms with van der Waals surface area (Å²) in [5.74, 6) is 1.89. The highest BCUT2D eigenvalue weighted by atomic mass is 79.9. The third kappa shape index (κ3) is 4.23. The summed E-state index contributed by atoms with van der Waals surface area (Å²) in [6.45, 7) is 3.72. The van der Waals surface area contributed by atoms with Crippen LogP contribution in [0.25, 0.3) is 11.3 Å². The van der Waals surface area contributed by atoms with Gasteiger partial charge in [0.15, 0.2) is 0 Å². The van der Waals surface area contributed by atoms with Gasteiger partial charge in [0.2, 0.25) is 0 Å². The van der Waals surface area contributed by atoms with Crippen LogP contribution in [-0.4, -0.2) is 0 Å². The Morgan fingerprint density at radius 2 is 2.00 bits per heavy atom. The number of benzene rings is 1. The molecule has 0 aliphatic rings. The van der Waals surface area contributed by atoms with Gasteiger partial charge in [0.25, 0.3) is 0 Å². The first-order valence-electron chi connectivity index (χ1n) is 6.81. The zero-order valence-corrected chi connectivity index (χ0v) is 15.4. The molecule has 1 N–H and O–H groups in total. The fraction of sp³-hybridized carbons (Fsp3) is 0.176. The van der Waals surface area contributed by atoms with Crippen molar-refractivity contribution in [3.8, 4) is 11.3 Å². The first-order valence-corrected chi connectivity index (χ1v) is 8.48. The highest BCUT2D eigenvalue weighted by molar-refractivity contribution is 9.10. The van der Waals surface area contributed by atoms with Crippen molar-refractivity contribution >= 4 is 39.7 Å². The monoisotopic (exact) mass is 397 g/mol. The molecule has 1 aromatic carbocycles. The van der Waals surface area contributed by atoms with Crippen molar-refractivity contribution in [2.75, 3.05) is 0 Å². The third-order valence-corrected chi connectivity index (χ3v) is 4.66. The van der Waals surface area contributed by atoms with Crippen molar-refractivity contribution in [1.29, 1.82) is 0 Å². The summed E-state index contributed by atoms with van der Waals surface area (Å²) in [4.78, 5) is 1.34. The molecule has 0 radical (unpaired) electrons. The predicted molar refractivity (Wildman–Crippen MR) is 98.7 cm³/mol. The minimum Gasteiger partial charge on any atom is -0.460 e. The van der Waals surface area contributed by atoms with Crippen LogP contribution in [0, 0.1) is 6.92 Å². The average molecular weight is 399 g/mol. The zero-order valence-electron chi connectivity index (χ0n) is 12.1. The molecule has 2 heterocycles. The Morgan fingerprint density at radius 1 is 1.14 bits per heavy atom. The van der Waals surface area contributed by atoms with E-state index in [1.54, 1.807) is 11.3 Å². The van der Waals surface area contributed by atoms with Crippen LogP contribution in [0.1, 0.15) is 16.2 Å². The van der Waals surface area contributed by atoms with E-state index >= 15 is 0 Å². The molecule has 0 aliphatic carbocycles. The van der Waals surface area contributed by atoms with Crippen LogP contribution < -0.4 is 5.32 Å². The lowest BCUT2D eigenvalue weighted by Crippen LogP contribution is -2.10. The van der Waals surface area contributed by atoms with E-state index in [0.717, 1.165) is 34.6 Å². The van der Waals surface area contributed by atoms with Crippen molar-refractivity contribution in [3.63, 3.8) is 0 Å². The van der Waals surface area contributed by atoms with Gasteiger partial charge < -0.3 is 9.73 Å². The zero-order chi connectivity index (χ0) is 14.7. The van der Waals surface area contributed by atoms with Crippen LogP contribution in [0.15, 0.2) is 56.7 Å². The maximum absolute atomic E-state index is 5.94. The number of aryl methyl sites for hydroxylation is 1. The van der Waals surface area contributed by atoms with E-state index in [2.05, 4.69) is 57.8 Å². The number of halogens is 2. The molecule has 0 atom stereocenters. The fourth-order valence-electron chi connectivity index (χ4n) is 2.24. The van der Waals surface area contributed by atoms with E-state index < -0.39 is 0 Å². The summed E-state index contributed by atoms with van der Waals surface area (Å²) in [5.41, 5.74) is 2.35. The number of rotatable bonds is 5. The quantitative estimate of drug-likeness (QED) is 0.588. The van der Waals surface area contributed by atoms with E-state index in [-0.39, 0.29) is 12.4 Å². The first-order chi connectivity index (χ1) is 10.2. The number of nitrogens with one attached hydrogen (secondary N) is 1. The van der Waals surface area contributed by atoms with Crippen molar-refractivity contribution in [2.24, 2.45) is 0 Å². The third-order valence-electron chi connectivity index (χ3n) is 3.29. The van der Waals surface area contributed by atoms with Crippen LogP contribution >= 0.6 is 39.7 Å². The molecule has 0 aliphatic heterocycles. The Balaban J connectivity index is 0.00000176. The van der Waals surface area contributed by atoms with Gasteiger partial charge in [-0.2, -0.15) is 0 Å². The molecular weight excluding hydrogens is 382 g/mol. The molecule has 0 bridgehead atoms. The highest BCUT2D eigenvalue weighted by Crippen LogP contribution is 2.27. The van der Waals surface area contributed by atoms with Crippen LogP contribution in [0.3, 0.4) is 0 Å². The van der Waals surface area contributed by atoms with Crippen LogP contribution in [0.5, 0.6) is 0 Å². The Kier molecular flexibility index (Phi) is 6.26. The molecule has 0 unspecified atom stereocenters. The molecular formula is C17H17BrClNOS. The minimum atomic E-state index is 0. The molecule has 0 fully saturated rings. The van der Waals surface area contributed by atoms with E-state index in [1.165, 1.54) is 10.4 Å². The molecule has 5 heteroatoms. The summed E-state index contributed by atoms with van der Waals surface area (Å²) in [6, 6.07) is 14.5. The van der Waals surface area contributed by atoms with E-state index in [1.807, 2.05) is 18.2 Å². The average Bonchev–Trinajstić information content (AvgIpc) is 3.10. The molecule has 0 amide bonds. The van der Waals surface area contributed by atoms with Gasteiger partial charge in [-0.1, -0.05) is 22.0 Å². The van der Waals surface area contributed by atoms with Crippen molar-refractivity contribution in [2.45, 2.75) is 20.0 Å². The Morgan fingerprint density at radius 3 is 2.73 bits per heavy atom. The van der Waals surface area contributed by atoms with Gasteiger partial charge in [0.05, 0.1) is 6.54 Å². The number of thiophene rings is 1. The van der Waals surface area contributed by atoms with E-state index in [4.69, 9.17) is 4.42 Å². The van der Waals surface area contributed by atoms with Crippen LogP contribution in [0.4, 0.5) is 0 Å². The van der Waals surface area contributed by atoms with Gasteiger partial charge in [0.1, 0.15) is 11.5 Å². The van der Waals surface area contributed by atoms with Crippen molar-refractivity contribution in [1.82, 2.24) is 5.32 Å². The largest absolute Gasteiger partial charge is 0.460 e. The van der Waals surface area contributed by atoms with Gasteiger partial charge in [-0.3, -0.25) is 0 Å². The summed E-state index contributed by atoms with van der Waals surface area (Å²) >= 11 is 5.25. The predicted octanol–water partition coefficient (Wildman–Crippen LogP) is 5.79. The molecule has 2 nitrogen and oxygen atoms in total. The lowest BCUT2D eigenvalue weighted by atomic mass is 10.1. The number of hydrogen-bond acceptors (Lipinski definition) is 3.